The zero-order valence-electron chi connectivity index (χ0n) is 16.8. The highest BCUT2D eigenvalue weighted by atomic mass is 79.9. The molecule has 0 spiro atoms. The van der Waals surface area contributed by atoms with Gasteiger partial charge in [-0.2, -0.15) is 13.2 Å². The number of halogens is 4. The minimum Gasteiger partial charge on any atom is -0.493 e. The molecule has 0 aliphatic heterocycles. The first kappa shape index (κ1) is 23.3. The molecule has 0 radical (unpaired) electrons. The van der Waals surface area contributed by atoms with Crippen molar-refractivity contribution < 1.29 is 27.5 Å². The van der Waals surface area contributed by atoms with Gasteiger partial charge in [-0.05, 0) is 77.5 Å². The van der Waals surface area contributed by atoms with Crippen LogP contribution in [-0.2, 0) is 6.18 Å². The summed E-state index contributed by atoms with van der Waals surface area (Å²) in [6.07, 6.45) is -4.51. The monoisotopic (exact) mass is 506 g/mol. The molecular weight excluding hydrogens is 489 g/mol. The highest BCUT2D eigenvalue weighted by Crippen LogP contribution is 2.31. The van der Waals surface area contributed by atoms with Crippen molar-refractivity contribution in [2.75, 3.05) is 17.2 Å². The van der Waals surface area contributed by atoms with Gasteiger partial charge < -0.3 is 15.4 Å². The van der Waals surface area contributed by atoms with Gasteiger partial charge >= 0.3 is 6.18 Å². The number of benzene rings is 3. The van der Waals surface area contributed by atoms with Gasteiger partial charge in [-0.3, -0.25) is 9.59 Å². The van der Waals surface area contributed by atoms with Crippen molar-refractivity contribution in [2.45, 2.75) is 13.1 Å². The summed E-state index contributed by atoms with van der Waals surface area (Å²) in [5, 5.41) is 5.13. The number of carbonyl (C=O) groups excluding carboxylic acids is 2. The highest BCUT2D eigenvalue weighted by Gasteiger charge is 2.30. The zero-order chi connectivity index (χ0) is 23.3. The van der Waals surface area contributed by atoms with E-state index < -0.39 is 23.6 Å². The Balaban J connectivity index is 1.72. The molecule has 3 aromatic rings. The molecule has 2 amide bonds. The van der Waals surface area contributed by atoms with Gasteiger partial charge in [-0.1, -0.05) is 12.1 Å². The van der Waals surface area contributed by atoms with Crippen LogP contribution >= 0.6 is 15.9 Å². The summed E-state index contributed by atoms with van der Waals surface area (Å²) in [5.41, 5.74) is 0.0558. The van der Waals surface area contributed by atoms with Crippen LogP contribution in [0.1, 0.15) is 33.2 Å². The SMILES string of the molecule is CCOc1ccc(C(=O)Nc2cccc(C(=O)Nc3cccc(C(F)(F)F)c3)c2)cc1Br. The Labute approximate surface area is 190 Å². The number of hydrogen-bond donors (Lipinski definition) is 2. The minimum atomic E-state index is -4.51. The van der Waals surface area contributed by atoms with Crippen LogP contribution in [0.15, 0.2) is 71.2 Å². The van der Waals surface area contributed by atoms with Gasteiger partial charge in [0.15, 0.2) is 0 Å². The van der Waals surface area contributed by atoms with Crippen LogP contribution in [0.2, 0.25) is 0 Å². The second-order valence-electron chi connectivity index (χ2n) is 6.65. The maximum absolute atomic E-state index is 12.9. The van der Waals surface area contributed by atoms with Crippen LogP contribution in [-0.4, -0.2) is 18.4 Å². The largest absolute Gasteiger partial charge is 0.493 e. The normalized spacial score (nSPS) is 11.0. The number of rotatable bonds is 6. The molecule has 0 saturated carbocycles. The molecule has 0 unspecified atom stereocenters. The lowest BCUT2D eigenvalue weighted by atomic mass is 10.1. The smallest absolute Gasteiger partial charge is 0.416 e. The number of hydrogen-bond acceptors (Lipinski definition) is 3. The van der Waals surface area contributed by atoms with Gasteiger partial charge in [-0.25, -0.2) is 0 Å². The number of amides is 2. The number of anilines is 2. The fourth-order valence-corrected chi connectivity index (χ4v) is 3.33. The van der Waals surface area contributed by atoms with Gasteiger partial charge in [0.2, 0.25) is 0 Å². The average molecular weight is 507 g/mol. The second-order valence-corrected chi connectivity index (χ2v) is 7.50. The molecule has 166 valence electrons. The van der Waals surface area contributed by atoms with E-state index in [1.54, 1.807) is 30.3 Å². The van der Waals surface area contributed by atoms with E-state index in [1.807, 2.05) is 6.92 Å². The first-order chi connectivity index (χ1) is 15.2. The third kappa shape index (κ3) is 5.88. The van der Waals surface area contributed by atoms with Gasteiger partial charge in [0.1, 0.15) is 5.75 Å². The Bertz CT molecular complexity index is 1150. The lowest BCUT2D eigenvalue weighted by Gasteiger charge is -2.11. The third-order valence-electron chi connectivity index (χ3n) is 4.32. The third-order valence-corrected chi connectivity index (χ3v) is 4.94. The van der Waals surface area contributed by atoms with Gasteiger partial charge in [-0.15, -0.1) is 0 Å². The molecule has 5 nitrogen and oxygen atoms in total. The van der Waals surface area contributed by atoms with Crippen molar-refractivity contribution in [3.8, 4) is 5.75 Å². The number of carbonyl (C=O) groups is 2. The topological polar surface area (TPSA) is 67.4 Å². The fraction of sp³-hybridized carbons (Fsp3) is 0.130. The minimum absolute atomic E-state index is 0.0125. The summed E-state index contributed by atoms with van der Waals surface area (Å²) in [4.78, 5) is 25.1. The average Bonchev–Trinajstić information content (AvgIpc) is 2.75. The quantitative estimate of drug-likeness (QED) is 0.408. The van der Waals surface area contributed by atoms with Crippen LogP contribution in [0, 0.1) is 0 Å². The Morgan fingerprint density at radius 2 is 1.47 bits per heavy atom. The molecule has 0 aromatic heterocycles. The lowest BCUT2D eigenvalue weighted by Crippen LogP contribution is -2.15. The number of ether oxygens (including phenoxy) is 1. The lowest BCUT2D eigenvalue weighted by molar-refractivity contribution is -0.137. The number of nitrogens with one attached hydrogen (secondary N) is 2. The van der Waals surface area contributed by atoms with E-state index in [9.17, 15) is 22.8 Å². The molecule has 2 N–H and O–H groups in total. The molecule has 3 rings (SSSR count). The van der Waals surface area contributed by atoms with Gasteiger partial charge in [0.25, 0.3) is 11.8 Å². The summed E-state index contributed by atoms with van der Waals surface area (Å²) in [7, 11) is 0. The molecule has 0 fully saturated rings. The van der Waals surface area contributed by atoms with Crippen molar-refractivity contribution >= 4 is 39.1 Å². The van der Waals surface area contributed by atoms with Crippen LogP contribution in [0.4, 0.5) is 24.5 Å². The Hall–Kier alpha value is -3.33. The van der Waals surface area contributed by atoms with Crippen LogP contribution in [0.3, 0.4) is 0 Å². The summed E-state index contributed by atoms with van der Waals surface area (Å²) in [6, 6.07) is 15.3. The Morgan fingerprint density at radius 1 is 0.875 bits per heavy atom. The first-order valence-corrected chi connectivity index (χ1v) is 10.3. The van der Waals surface area contributed by atoms with Crippen molar-refractivity contribution in [3.05, 3.63) is 87.9 Å². The van der Waals surface area contributed by atoms with Gasteiger partial charge in [0.05, 0.1) is 16.6 Å². The van der Waals surface area contributed by atoms with Gasteiger partial charge in [0, 0.05) is 22.5 Å². The van der Waals surface area contributed by atoms with Crippen LogP contribution in [0.25, 0.3) is 0 Å². The van der Waals surface area contributed by atoms with E-state index in [0.717, 1.165) is 12.1 Å². The fourth-order valence-electron chi connectivity index (χ4n) is 2.83. The molecule has 9 heteroatoms. The van der Waals surface area contributed by atoms with Crippen molar-refractivity contribution in [3.63, 3.8) is 0 Å². The molecule has 3 aromatic carbocycles. The zero-order valence-corrected chi connectivity index (χ0v) is 18.4. The second kappa shape index (κ2) is 9.86. The highest BCUT2D eigenvalue weighted by molar-refractivity contribution is 9.10. The van der Waals surface area contributed by atoms with E-state index in [0.29, 0.717) is 28.1 Å². The maximum Gasteiger partial charge on any atom is 0.416 e. The molecule has 0 heterocycles. The van der Waals surface area contributed by atoms with E-state index in [4.69, 9.17) is 4.74 Å². The molecule has 0 saturated heterocycles. The maximum atomic E-state index is 12.9. The summed E-state index contributed by atoms with van der Waals surface area (Å²) < 4.78 is 44.6. The molecule has 0 aliphatic carbocycles. The molecule has 0 bridgehead atoms. The molecule has 0 aliphatic rings. The number of alkyl halides is 3. The first-order valence-electron chi connectivity index (χ1n) is 9.49. The van der Waals surface area contributed by atoms with Crippen molar-refractivity contribution in [1.29, 1.82) is 0 Å². The summed E-state index contributed by atoms with van der Waals surface area (Å²) in [5.74, 6) is -0.397. The predicted octanol–water partition coefficient (Wildman–Crippen LogP) is 6.37. The van der Waals surface area contributed by atoms with E-state index in [-0.39, 0.29) is 11.3 Å². The molecular formula is C23H18BrF3N2O3. The van der Waals surface area contributed by atoms with Crippen molar-refractivity contribution in [2.24, 2.45) is 0 Å². The van der Waals surface area contributed by atoms with E-state index in [1.165, 1.54) is 24.3 Å². The van der Waals surface area contributed by atoms with Crippen LogP contribution < -0.4 is 15.4 Å². The molecule has 0 atom stereocenters. The van der Waals surface area contributed by atoms with E-state index >= 15 is 0 Å². The Kier molecular flexibility index (Phi) is 7.19. The van der Waals surface area contributed by atoms with E-state index in [2.05, 4.69) is 26.6 Å². The molecule has 32 heavy (non-hydrogen) atoms. The summed E-state index contributed by atoms with van der Waals surface area (Å²) in [6.45, 7) is 2.34. The summed E-state index contributed by atoms with van der Waals surface area (Å²) >= 11 is 3.35. The standard InChI is InChI=1S/C23H18BrF3N2O3/c1-2-32-20-10-9-15(12-19(20)24)22(31)28-17-7-3-5-14(11-17)21(30)29-18-8-4-6-16(13-18)23(25,26)27/h3-13H,2H2,1H3,(H,28,31)(H,29,30). The van der Waals surface area contributed by atoms with Crippen LogP contribution in [0.5, 0.6) is 5.75 Å². The van der Waals surface area contributed by atoms with Crippen molar-refractivity contribution in [1.82, 2.24) is 0 Å². The Morgan fingerprint density at radius 3 is 2.06 bits per heavy atom. The predicted molar refractivity (Wildman–Crippen MR) is 119 cm³/mol.